The number of anilines is 1. The Hall–Kier alpha value is -4.15. The zero-order valence-corrected chi connectivity index (χ0v) is 19.8. The quantitative estimate of drug-likeness (QED) is 0.265. The molecule has 4 rings (SSSR count). The largest absolute Gasteiger partial charge is 0.497 e. The van der Waals surface area contributed by atoms with Crippen LogP contribution in [0.15, 0.2) is 78.5 Å². The molecule has 0 spiro atoms. The number of hydrogen-bond donors (Lipinski definition) is 2. The van der Waals surface area contributed by atoms with Crippen molar-refractivity contribution in [2.45, 2.75) is 13.3 Å². The third-order valence-corrected chi connectivity index (χ3v) is 6.35. The standard InChI is InChI=1S/C27H24N4O2S/c1-18-3-12-24-25(15-18)34-27(31-24)20-6-8-22(9-7-20)30-17-21(16-28)26(32)29-14-13-19-4-10-23(33-2)11-5-19/h3-12,15,17,30H,13-14H2,1-2H3,(H,29,32)/b21-17-. The summed E-state index contributed by atoms with van der Waals surface area (Å²) in [7, 11) is 1.62. The molecule has 1 amide bonds. The molecule has 2 N–H and O–H groups in total. The fourth-order valence-corrected chi connectivity index (χ4v) is 4.45. The van der Waals surface area contributed by atoms with Gasteiger partial charge in [0.1, 0.15) is 22.4 Å². The molecule has 0 aliphatic carbocycles. The summed E-state index contributed by atoms with van der Waals surface area (Å²) in [6.07, 6.45) is 2.09. The van der Waals surface area contributed by atoms with Crippen molar-refractivity contribution in [3.63, 3.8) is 0 Å². The van der Waals surface area contributed by atoms with Crippen molar-refractivity contribution in [3.8, 4) is 22.4 Å². The van der Waals surface area contributed by atoms with E-state index < -0.39 is 5.91 Å². The second kappa shape index (κ2) is 10.6. The SMILES string of the molecule is COc1ccc(CCNC(=O)/C(C#N)=C\Nc2ccc(-c3nc4ccc(C)cc4s3)cc2)cc1. The molecule has 0 aliphatic rings. The topological polar surface area (TPSA) is 87.0 Å². The average molecular weight is 469 g/mol. The number of rotatable bonds is 8. The molecule has 7 heteroatoms. The zero-order chi connectivity index (χ0) is 23.9. The Bertz CT molecular complexity index is 1370. The first-order valence-corrected chi connectivity index (χ1v) is 11.6. The van der Waals surface area contributed by atoms with Crippen molar-refractivity contribution >= 4 is 33.1 Å². The molecule has 0 saturated carbocycles. The second-order valence-electron chi connectivity index (χ2n) is 7.74. The van der Waals surface area contributed by atoms with Crippen LogP contribution in [0.2, 0.25) is 0 Å². The summed E-state index contributed by atoms with van der Waals surface area (Å²) in [5.41, 5.74) is 5.09. The van der Waals surface area contributed by atoms with Crippen LogP contribution in [0.5, 0.6) is 5.75 Å². The molecule has 0 aliphatic heterocycles. The zero-order valence-electron chi connectivity index (χ0n) is 19.0. The van der Waals surface area contributed by atoms with Crippen LogP contribution in [0, 0.1) is 18.3 Å². The monoisotopic (exact) mass is 468 g/mol. The van der Waals surface area contributed by atoms with E-state index in [1.54, 1.807) is 18.4 Å². The van der Waals surface area contributed by atoms with E-state index in [0.29, 0.717) is 13.0 Å². The molecule has 0 unspecified atom stereocenters. The van der Waals surface area contributed by atoms with Crippen LogP contribution in [-0.2, 0) is 11.2 Å². The molecule has 6 nitrogen and oxygen atoms in total. The number of aromatic nitrogens is 1. The predicted molar refractivity (Wildman–Crippen MR) is 137 cm³/mol. The summed E-state index contributed by atoms with van der Waals surface area (Å²) in [5, 5.41) is 16.2. The maximum atomic E-state index is 12.4. The number of carbonyl (C=O) groups excluding carboxylic acids is 1. The van der Waals surface area contributed by atoms with Gasteiger partial charge in [-0.05, 0) is 73.0 Å². The number of hydrogen-bond acceptors (Lipinski definition) is 6. The maximum Gasteiger partial charge on any atom is 0.263 e. The van der Waals surface area contributed by atoms with Gasteiger partial charge in [0.05, 0.1) is 17.3 Å². The van der Waals surface area contributed by atoms with Crippen molar-refractivity contribution in [1.82, 2.24) is 10.3 Å². The van der Waals surface area contributed by atoms with Gasteiger partial charge in [0.2, 0.25) is 0 Å². The lowest BCUT2D eigenvalue weighted by atomic mass is 10.1. The van der Waals surface area contributed by atoms with Crippen LogP contribution in [-0.4, -0.2) is 24.5 Å². The summed E-state index contributed by atoms with van der Waals surface area (Å²) >= 11 is 1.66. The first-order chi connectivity index (χ1) is 16.6. The van der Waals surface area contributed by atoms with Gasteiger partial charge in [-0.25, -0.2) is 4.98 Å². The van der Waals surface area contributed by atoms with Gasteiger partial charge in [0, 0.05) is 24.0 Å². The summed E-state index contributed by atoms with van der Waals surface area (Å²) < 4.78 is 6.31. The number of nitrogens with one attached hydrogen (secondary N) is 2. The van der Waals surface area contributed by atoms with Crippen molar-refractivity contribution in [2.24, 2.45) is 0 Å². The van der Waals surface area contributed by atoms with E-state index in [4.69, 9.17) is 9.72 Å². The summed E-state index contributed by atoms with van der Waals surface area (Å²) in [6, 6.07) is 23.6. The highest BCUT2D eigenvalue weighted by Gasteiger charge is 2.09. The van der Waals surface area contributed by atoms with Gasteiger partial charge < -0.3 is 15.4 Å². The van der Waals surface area contributed by atoms with Crippen LogP contribution >= 0.6 is 11.3 Å². The Labute approximate surface area is 202 Å². The van der Waals surface area contributed by atoms with Crippen molar-refractivity contribution in [1.29, 1.82) is 5.26 Å². The average Bonchev–Trinajstić information content (AvgIpc) is 3.28. The Kier molecular flexibility index (Phi) is 7.21. The first kappa shape index (κ1) is 23.0. The van der Waals surface area contributed by atoms with Gasteiger partial charge >= 0.3 is 0 Å². The van der Waals surface area contributed by atoms with E-state index in [2.05, 4.69) is 29.7 Å². The lowest BCUT2D eigenvalue weighted by molar-refractivity contribution is -0.117. The fraction of sp³-hybridized carbons (Fsp3) is 0.148. The van der Waals surface area contributed by atoms with Gasteiger partial charge in [0.15, 0.2) is 0 Å². The molecule has 0 bridgehead atoms. The molecular weight excluding hydrogens is 444 g/mol. The summed E-state index contributed by atoms with van der Waals surface area (Å²) in [6.45, 7) is 2.50. The Morgan fingerprint density at radius 3 is 2.59 bits per heavy atom. The van der Waals surface area contributed by atoms with Gasteiger partial charge in [-0.3, -0.25) is 4.79 Å². The van der Waals surface area contributed by atoms with Crippen LogP contribution in [0.1, 0.15) is 11.1 Å². The molecule has 4 aromatic rings. The van der Waals surface area contributed by atoms with E-state index in [1.807, 2.05) is 60.7 Å². The number of fused-ring (bicyclic) bond motifs is 1. The number of amides is 1. The Balaban J connectivity index is 1.34. The maximum absolute atomic E-state index is 12.4. The molecule has 1 heterocycles. The van der Waals surface area contributed by atoms with Crippen molar-refractivity contribution < 1.29 is 9.53 Å². The molecule has 1 aromatic heterocycles. The second-order valence-corrected chi connectivity index (χ2v) is 8.77. The van der Waals surface area contributed by atoms with Crippen LogP contribution in [0.4, 0.5) is 5.69 Å². The predicted octanol–water partition coefficient (Wildman–Crippen LogP) is 5.46. The van der Waals surface area contributed by atoms with E-state index in [9.17, 15) is 10.1 Å². The van der Waals surface area contributed by atoms with Crippen LogP contribution < -0.4 is 15.4 Å². The number of thiazole rings is 1. The number of aryl methyl sites for hydroxylation is 1. The van der Waals surface area contributed by atoms with Crippen LogP contribution in [0.25, 0.3) is 20.8 Å². The number of carbonyl (C=O) groups is 1. The van der Waals surface area contributed by atoms with E-state index in [0.717, 1.165) is 37.8 Å². The smallest absolute Gasteiger partial charge is 0.263 e. The number of methoxy groups -OCH3 is 1. The lowest BCUT2D eigenvalue weighted by Crippen LogP contribution is -2.27. The fourth-order valence-electron chi connectivity index (χ4n) is 3.38. The molecule has 170 valence electrons. The van der Waals surface area contributed by atoms with Crippen molar-refractivity contribution in [3.05, 3.63) is 89.6 Å². The van der Waals surface area contributed by atoms with Gasteiger partial charge in [0.25, 0.3) is 5.91 Å². The van der Waals surface area contributed by atoms with E-state index >= 15 is 0 Å². The van der Waals surface area contributed by atoms with Crippen LogP contribution in [0.3, 0.4) is 0 Å². The number of benzene rings is 3. The molecule has 0 radical (unpaired) electrons. The normalized spacial score (nSPS) is 11.1. The van der Waals surface area contributed by atoms with E-state index in [-0.39, 0.29) is 5.57 Å². The number of nitrogens with zero attached hydrogens (tertiary/aromatic N) is 2. The first-order valence-electron chi connectivity index (χ1n) is 10.8. The molecule has 0 fully saturated rings. The minimum absolute atomic E-state index is 0.0142. The molecule has 34 heavy (non-hydrogen) atoms. The minimum atomic E-state index is -0.412. The highest BCUT2D eigenvalue weighted by atomic mass is 32.1. The highest BCUT2D eigenvalue weighted by molar-refractivity contribution is 7.21. The third-order valence-electron chi connectivity index (χ3n) is 5.28. The minimum Gasteiger partial charge on any atom is -0.497 e. The van der Waals surface area contributed by atoms with Gasteiger partial charge in [-0.1, -0.05) is 18.2 Å². The van der Waals surface area contributed by atoms with Gasteiger partial charge in [-0.2, -0.15) is 5.26 Å². The molecule has 0 atom stereocenters. The third kappa shape index (κ3) is 5.61. The molecule has 3 aromatic carbocycles. The van der Waals surface area contributed by atoms with Gasteiger partial charge in [-0.15, -0.1) is 11.3 Å². The number of nitriles is 1. The van der Waals surface area contributed by atoms with Crippen molar-refractivity contribution in [2.75, 3.05) is 19.0 Å². The number of ether oxygens (including phenoxy) is 1. The summed E-state index contributed by atoms with van der Waals surface area (Å²) in [4.78, 5) is 17.1. The Morgan fingerprint density at radius 1 is 1.12 bits per heavy atom. The summed E-state index contributed by atoms with van der Waals surface area (Å²) in [5.74, 6) is 0.377. The van der Waals surface area contributed by atoms with E-state index in [1.165, 1.54) is 11.8 Å². The molecular formula is C27H24N4O2S. The molecule has 0 saturated heterocycles. The lowest BCUT2D eigenvalue weighted by Gasteiger charge is -2.06. The Morgan fingerprint density at radius 2 is 1.88 bits per heavy atom. The highest BCUT2D eigenvalue weighted by Crippen LogP contribution is 2.31.